The van der Waals surface area contributed by atoms with E-state index in [1.807, 2.05) is 18.2 Å². The van der Waals surface area contributed by atoms with Crippen LogP contribution in [0.2, 0.25) is 5.02 Å². The summed E-state index contributed by atoms with van der Waals surface area (Å²) in [7, 11) is 2.12. The summed E-state index contributed by atoms with van der Waals surface area (Å²) in [4.78, 5) is 19.4. The second-order valence-corrected chi connectivity index (χ2v) is 7.25. The van der Waals surface area contributed by atoms with Crippen LogP contribution in [0.15, 0.2) is 24.3 Å². The maximum atomic E-state index is 12.6. The lowest BCUT2D eigenvalue weighted by atomic mass is 9.94. The minimum atomic E-state index is 0.217. The van der Waals surface area contributed by atoms with Gasteiger partial charge in [0.2, 0.25) is 5.91 Å². The van der Waals surface area contributed by atoms with Crippen LogP contribution in [0.1, 0.15) is 18.4 Å². The van der Waals surface area contributed by atoms with Gasteiger partial charge in [0.05, 0.1) is 0 Å². The number of piperazine rings is 1. The van der Waals surface area contributed by atoms with Crippen LogP contribution in [0, 0.1) is 5.92 Å². The molecule has 1 aromatic carbocycles. The lowest BCUT2D eigenvalue weighted by Gasteiger charge is -2.37. The highest BCUT2D eigenvalue weighted by molar-refractivity contribution is 6.30. The van der Waals surface area contributed by atoms with Crippen LogP contribution in [0.25, 0.3) is 0 Å². The van der Waals surface area contributed by atoms with E-state index in [2.05, 4.69) is 27.8 Å². The molecule has 1 aromatic rings. The van der Waals surface area contributed by atoms with Crippen molar-refractivity contribution < 1.29 is 4.79 Å². The van der Waals surface area contributed by atoms with Gasteiger partial charge >= 0.3 is 0 Å². The summed E-state index contributed by atoms with van der Waals surface area (Å²) in [5, 5.41) is 0.794. The van der Waals surface area contributed by atoms with Gasteiger partial charge in [-0.05, 0) is 50.7 Å². The van der Waals surface area contributed by atoms with Crippen molar-refractivity contribution in [3.63, 3.8) is 0 Å². The van der Waals surface area contributed by atoms with Crippen molar-refractivity contribution >= 4 is 17.5 Å². The van der Waals surface area contributed by atoms with E-state index in [0.29, 0.717) is 5.91 Å². The number of halogens is 1. The van der Waals surface area contributed by atoms with Crippen LogP contribution >= 0.6 is 11.6 Å². The van der Waals surface area contributed by atoms with Crippen LogP contribution in [0.5, 0.6) is 0 Å². The third-order valence-corrected chi connectivity index (χ3v) is 5.28. The van der Waals surface area contributed by atoms with Crippen molar-refractivity contribution in [3.05, 3.63) is 34.9 Å². The molecule has 0 spiro atoms. The second-order valence-electron chi connectivity index (χ2n) is 6.81. The average Bonchev–Trinajstić information content (AvgIpc) is 2.56. The number of carbonyl (C=O) groups excluding carboxylic acids is 1. The van der Waals surface area contributed by atoms with Crippen molar-refractivity contribution in [3.8, 4) is 0 Å². The largest absolute Gasteiger partial charge is 0.340 e. The first kappa shape index (κ1) is 16.7. The molecule has 23 heavy (non-hydrogen) atoms. The van der Waals surface area contributed by atoms with Crippen molar-refractivity contribution in [2.24, 2.45) is 5.92 Å². The molecule has 3 rings (SSSR count). The quantitative estimate of drug-likeness (QED) is 0.848. The molecule has 0 N–H and O–H groups in total. The molecule has 0 unspecified atom stereocenters. The Morgan fingerprint density at radius 2 is 1.83 bits per heavy atom. The van der Waals surface area contributed by atoms with E-state index in [-0.39, 0.29) is 5.92 Å². The van der Waals surface area contributed by atoms with Gasteiger partial charge in [0.1, 0.15) is 0 Å². The molecule has 2 aliphatic rings. The van der Waals surface area contributed by atoms with Gasteiger partial charge in [-0.1, -0.05) is 23.7 Å². The first-order chi connectivity index (χ1) is 11.1. The highest BCUT2D eigenvalue weighted by Gasteiger charge is 2.29. The minimum Gasteiger partial charge on any atom is -0.340 e. The second kappa shape index (κ2) is 7.65. The first-order valence-corrected chi connectivity index (χ1v) is 8.94. The van der Waals surface area contributed by atoms with Crippen LogP contribution in [-0.4, -0.2) is 66.9 Å². The van der Waals surface area contributed by atoms with Crippen molar-refractivity contribution in [1.29, 1.82) is 0 Å². The van der Waals surface area contributed by atoms with E-state index in [0.717, 1.165) is 63.7 Å². The zero-order valence-electron chi connectivity index (χ0n) is 13.9. The summed E-state index contributed by atoms with van der Waals surface area (Å²) >= 11 is 6.05. The molecule has 0 bridgehead atoms. The van der Waals surface area contributed by atoms with Crippen LogP contribution in [-0.2, 0) is 11.3 Å². The predicted octanol–water partition coefficient (Wildman–Crippen LogP) is 2.33. The molecule has 0 aliphatic carbocycles. The number of rotatable bonds is 3. The Hall–Kier alpha value is -1.10. The maximum Gasteiger partial charge on any atom is 0.225 e. The molecular weight excluding hydrogens is 310 g/mol. The first-order valence-electron chi connectivity index (χ1n) is 8.56. The average molecular weight is 336 g/mol. The molecule has 2 saturated heterocycles. The van der Waals surface area contributed by atoms with Gasteiger partial charge in [-0.25, -0.2) is 0 Å². The fourth-order valence-corrected chi connectivity index (χ4v) is 3.73. The molecule has 2 heterocycles. The zero-order chi connectivity index (χ0) is 16.2. The van der Waals surface area contributed by atoms with Gasteiger partial charge in [-0.15, -0.1) is 0 Å². The minimum absolute atomic E-state index is 0.217. The number of hydrogen-bond donors (Lipinski definition) is 0. The topological polar surface area (TPSA) is 26.8 Å². The lowest BCUT2D eigenvalue weighted by Crippen LogP contribution is -2.50. The molecule has 0 aromatic heterocycles. The number of likely N-dealkylation sites (N-methyl/N-ethyl adjacent to an activating group) is 1. The number of carbonyl (C=O) groups is 1. The zero-order valence-corrected chi connectivity index (χ0v) is 14.6. The summed E-state index contributed by atoms with van der Waals surface area (Å²) in [6.45, 7) is 6.69. The number of hydrogen-bond acceptors (Lipinski definition) is 3. The van der Waals surface area contributed by atoms with E-state index >= 15 is 0 Å². The third-order valence-electron chi connectivity index (χ3n) is 5.05. The highest BCUT2D eigenvalue weighted by Crippen LogP contribution is 2.22. The van der Waals surface area contributed by atoms with Crippen LogP contribution in [0.4, 0.5) is 0 Å². The summed E-state index contributed by atoms with van der Waals surface area (Å²) in [5.41, 5.74) is 1.25. The molecule has 2 aliphatic heterocycles. The standard InChI is InChI=1S/C18H26ClN3O/c1-20-9-11-22(12-10-20)18(23)16-5-7-21(8-6-16)14-15-3-2-4-17(19)13-15/h2-4,13,16H,5-12,14H2,1H3. The molecule has 5 heteroatoms. The normalized spacial score (nSPS) is 21.6. The molecule has 126 valence electrons. The van der Waals surface area contributed by atoms with Gasteiger partial charge in [-0.2, -0.15) is 0 Å². The van der Waals surface area contributed by atoms with E-state index in [1.165, 1.54) is 5.56 Å². The molecule has 1 amide bonds. The number of benzene rings is 1. The third kappa shape index (κ3) is 4.46. The Balaban J connectivity index is 1.47. The summed E-state index contributed by atoms with van der Waals surface area (Å²) < 4.78 is 0. The van der Waals surface area contributed by atoms with Crippen LogP contribution < -0.4 is 0 Å². The Morgan fingerprint density at radius 1 is 1.13 bits per heavy atom. The molecule has 0 saturated carbocycles. The molecular formula is C18H26ClN3O. The summed E-state index contributed by atoms with van der Waals surface area (Å²) in [6, 6.07) is 8.06. The Bertz CT molecular complexity index is 535. The number of amides is 1. The van der Waals surface area contributed by atoms with Gasteiger partial charge in [-0.3, -0.25) is 9.69 Å². The fraction of sp³-hybridized carbons (Fsp3) is 0.611. The van der Waals surface area contributed by atoms with Crippen LogP contribution in [0.3, 0.4) is 0 Å². The maximum absolute atomic E-state index is 12.6. The van der Waals surface area contributed by atoms with Gasteiger partial charge in [0.25, 0.3) is 0 Å². The van der Waals surface area contributed by atoms with Gasteiger partial charge in [0, 0.05) is 43.7 Å². The Morgan fingerprint density at radius 3 is 2.48 bits per heavy atom. The van der Waals surface area contributed by atoms with Crippen molar-refractivity contribution in [2.75, 3.05) is 46.3 Å². The summed E-state index contributed by atoms with van der Waals surface area (Å²) in [5.74, 6) is 0.592. The number of nitrogens with zero attached hydrogens (tertiary/aromatic N) is 3. The van der Waals surface area contributed by atoms with Gasteiger partial charge < -0.3 is 9.80 Å². The molecule has 4 nitrogen and oxygen atoms in total. The SMILES string of the molecule is CN1CCN(C(=O)C2CCN(Cc3cccc(Cl)c3)CC2)CC1. The van der Waals surface area contributed by atoms with Crippen molar-refractivity contribution in [2.45, 2.75) is 19.4 Å². The van der Waals surface area contributed by atoms with Crippen molar-refractivity contribution in [1.82, 2.24) is 14.7 Å². The fourth-order valence-electron chi connectivity index (χ4n) is 3.52. The van der Waals surface area contributed by atoms with E-state index in [4.69, 9.17) is 11.6 Å². The number of piperidine rings is 1. The molecule has 2 fully saturated rings. The monoisotopic (exact) mass is 335 g/mol. The molecule has 0 radical (unpaired) electrons. The van der Waals surface area contributed by atoms with Gasteiger partial charge in [0.15, 0.2) is 0 Å². The Kier molecular flexibility index (Phi) is 5.57. The smallest absolute Gasteiger partial charge is 0.225 e. The van der Waals surface area contributed by atoms with E-state index < -0.39 is 0 Å². The Labute approximate surface area is 144 Å². The highest BCUT2D eigenvalue weighted by atomic mass is 35.5. The molecule has 0 atom stereocenters. The lowest BCUT2D eigenvalue weighted by molar-refractivity contribution is -0.138. The predicted molar refractivity (Wildman–Crippen MR) is 93.5 cm³/mol. The van der Waals surface area contributed by atoms with E-state index in [1.54, 1.807) is 0 Å². The summed E-state index contributed by atoms with van der Waals surface area (Å²) in [6.07, 6.45) is 1.96. The van der Waals surface area contributed by atoms with E-state index in [9.17, 15) is 4.79 Å². The number of likely N-dealkylation sites (tertiary alicyclic amines) is 1.